The Kier molecular flexibility index (Phi) is 6.32. The van der Waals surface area contributed by atoms with Crippen LogP contribution in [-0.2, 0) is 11.3 Å². The lowest BCUT2D eigenvalue weighted by atomic mass is 9.93. The minimum absolute atomic E-state index is 0.206. The summed E-state index contributed by atoms with van der Waals surface area (Å²) in [6.07, 6.45) is 2.82. The Morgan fingerprint density at radius 3 is 2.50 bits per heavy atom. The Morgan fingerprint density at radius 2 is 1.77 bits per heavy atom. The van der Waals surface area contributed by atoms with Crippen LogP contribution in [0.4, 0.5) is 16.4 Å². The fourth-order valence-corrected chi connectivity index (χ4v) is 5.53. The number of ether oxygens (including phenoxy) is 1. The number of carbonyl (C=O) groups is 1. The summed E-state index contributed by atoms with van der Waals surface area (Å²) in [5.41, 5.74) is 18.1. The van der Waals surface area contributed by atoms with Crippen molar-refractivity contribution in [1.29, 1.82) is 0 Å². The number of nitrogens with two attached hydrogens (primary N) is 2. The molecule has 4 N–H and O–H groups in total. The molecule has 6 rings (SSSR count). The Hall–Kier alpha value is -4.60. The number of fused-ring (bicyclic) bond motifs is 2. The molecule has 0 spiro atoms. The first-order chi connectivity index (χ1) is 19.2. The topological polar surface area (TPSA) is 130 Å². The predicted octanol–water partition coefficient (Wildman–Crippen LogP) is 5.07. The first-order valence-electron chi connectivity index (χ1n) is 13.6. The van der Waals surface area contributed by atoms with Crippen molar-refractivity contribution in [2.45, 2.75) is 51.7 Å². The molecule has 4 heterocycles. The second kappa shape index (κ2) is 9.86. The maximum atomic E-state index is 12.6. The molecule has 0 unspecified atom stereocenters. The van der Waals surface area contributed by atoms with Gasteiger partial charge in [0, 0.05) is 35.7 Å². The van der Waals surface area contributed by atoms with E-state index in [9.17, 15) is 4.79 Å². The number of amides is 1. The van der Waals surface area contributed by atoms with Crippen LogP contribution in [-0.4, -0.2) is 54.1 Å². The van der Waals surface area contributed by atoms with Crippen molar-refractivity contribution in [3.63, 3.8) is 0 Å². The van der Waals surface area contributed by atoms with E-state index in [1.807, 2.05) is 60.3 Å². The normalized spacial score (nSPS) is 14.7. The third-order valence-electron chi connectivity index (χ3n) is 7.44. The predicted molar refractivity (Wildman–Crippen MR) is 156 cm³/mol. The third kappa shape index (κ3) is 4.81. The minimum atomic E-state index is -0.517. The average Bonchev–Trinajstić information content (AvgIpc) is 3.47. The zero-order valence-electron chi connectivity index (χ0n) is 23.0. The summed E-state index contributed by atoms with van der Waals surface area (Å²) in [5.74, 6) is 1.12. The quantitative estimate of drug-likeness (QED) is 0.327. The highest BCUT2D eigenvalue weighted by Gasteiger charge is 2.30. The first-order valence-corrected chi connectivity index (χ1v) is 13.6. The smallest absolute Gasteiger partial charge is 0.410 e. The zero-order chi connectivity index (χ0) is 28.0. The Labute approximate surface area is 232 Å². The van der Waals surface area contributed by atoms with Gasteiger partial charge in [-0.2, -0.15) is 10.2 Å². The molecule has 0 bridgehead atoms. The number of piperidine rings is 1. The van der Waals surface area contributed by atoms with Crippen molar-refractivity contribution in [3.05, 3.63) is 72.2 Å². The van der Waals surface area contributed by atoms with E-state index in [0.29, 0.717) is 31.3 Å². The second-order valence-electron chi connectivity index (χ2n) is 11.4. The number of aromatic nitrogens is 5. The highest BCUT2D eigenvalue weighted by molar-refractivity contribution is 5.96. The molecule has 10 nitrogen and oxygen atoms in total. The molecule has 0 saturated carbocycles. The van der Waals surface area contributed by atoms with Crippen LogP contribution in [0, 0.1) is 0 Å². The van der Waals surface area contributed by atoms with E-state index < -0.39 is 5.60 Å². The summed E-state index contributed by atoms with van der Waals surface area (Å²) in [5, 5.41) is 10.1. The Balaban J connectivity index is 1.35. The molecule has 1 amide bonds. The van der Waals surface area contributed by atoms with Crippen LogP contribution in [0.3, 0.4) is 0 Å². The summed E-state index contributed by atoms with van der Waals surface area (Å²) < 4.78 is 9.43. The molecular weight excluding hydrogens is 504 g/mol. The Morgan fingerprint density at radius 1 is 1.02 bits per heavy atom. The van der Waals surface area contributed by atoms with Gasteiger partial charge in [0.1, 0.15) is 17.4 Å². The molecule has 40 heavy (non-hydrogen) atoms. The second-order valence-corrected chi connectivity index (χ2v) is 11.4. The molecule has 2 aromatic carbocycles. The number of carbonyl (C=O) groups excluding carboxylic acids is 1. The number of nitrogen functional groups attached to an aromatic ring is 2. The van der Waals surface area contributed by atoms with Gasteiger partial charge in [-0.05, 0) is 62.9 Å². The maximum Gasteiger partial charge on any atom is 0.410 e. The van der Waals surface area contributed by atoms with Crippen LogP contribution in [0.5, 0.6) is 0 Å². The number of rotatable bonds is 4. The lowest BCUT2D eigenvalue weighted by molar-refractivity contribution is 0.0203. The molecule has 5 aromatic rings. The van der Waals surface area contributed by atoms with E-state index >= 15 is 0 Å². The van der Waals surface area contributed by atoms with E-state index in [-0.39, 0.29) is 12.0 Å². The number of anilines is 2. The van der Waals surface area contributed by atoms with Gasteiger partial charge in [0.25, 0.3) is 0 Å². The summed E-state index contributed by atoms with van der Waals surface area (Å²) in [6.45, 7) is 7.50. The lowest BCUT2D eigenvalue weighted by Crippen LogP contribution is -2.41. The average molecular weight is 539 g/mol. The van der Waals surface area contributed by atoms with Crippen molar-refractivity contribution in [3.8, 4) is 11.1 Å². The molecule has 0 aliphatic carbocycles. The highest BCUT2D eigenvalue weighted by atomic mass is 16.6. The van der Waals surface area contributed by atoms with Crippen LogP contribution in [0.15, 0.2) is 60.9 Å². The van der Waals surface area contributed by atoms with Gasteiger partial charge in [-0.15, -0.1) is 0 Å². The van der Waals surface area contributed by atoms with E-state index in [4.69, 9.17) is 16.2 Å². The summed E-state index contributed by atoms with van der Waals surface area (Å²) in [7, 11) is 0. The molecular formula is C30H34N8O2. The van der Waals surface area contributed by atoms with E-state index in [2.05, 4.69) is 39.4 Å². The van der Waals surface area contributed by atoms with Gasteiger partial charge < -0.3 is 21.1 Å². The molecule has 0 atom stereocenters. The van der Waals surface area contributed by atoms with Crippen molar-refractivity contribution < 1.29 is 9.53 Å². The van der Waals surface area contributed by atoms with E-state index in [1.165, 1.54) is 6.33 Å². The first kappa shape index (κ1) is 25.7. The molecule has 1 saturated heterocycles. The third-order valence-corrected chi connectivity index (χ3v) is 7.44. The molecule has 206 valence electrons. The van der Waals surface area contributed by atoms with Crippen LogP contribution in [0.1, 0.15) is 50.8 Å². The minimum Gasteiger partial charge on any atom is -0.444 e. The summed E-state index contributed by atoms with van der Waals surface area (Å²) in [6, 6.07) is 18.5. The number of benzene rings is 2. The van der Waals surface area contributed by atoms with Gasteiger partial charge in [0.2, 0.25) is 0 Å². The van der Waals surface area contributed by atoms with E-state index in [0.717, 1.165) is 51.6 Å². The molecule has 10 heteroatoms. The van der Waals surface area contributed by atoms with Gasteiger partial charge >= 0.3 is 6.09 Å². The Bertz CT molecular complexity index is 1690. The standard InChI is InChI=1S/C30H34N8O2/c1-30(2,3)40-29(39)36-13-11-20(12-14-36)24-16-23(26-28(32)33-18-34-38(24)26)21-9-10-22-25(15-21)37(35-27(22)31)17-19-7-5-4-6-8-19/h4-10,15-16,18,20H,11-14,17H2,1-3H3,(H2,31,35)(H2,32,33,34). The zero-order valence-corrected chi connectivity index (χ0v) is 23.0. The van der Waals surface area contributed by atoms with Crippen LogP contribution >= 0.6 is 0 Å². The van der Waals surface area contributed by atoms with Crippen LogP contribution in [0.25, 0.3) is 27.5 Å². The number of nitrogens with zero attached hydrogens (tertiary/aromatic N) is 6. The summed E-state index contributed by atoms with van der Waals surface area (Å²) in [4.78, 5) is 18.7. The van der Waals surface area contributed by atoms with Crippen LogP contribution in [0.2, 0.25) is 0 Å². The summed E-state index contributed by atoms with van der Waals surface area (Å²) >= 11 is 0. The van der Waals surface area contributed by atoms with Crippen molar-refractivity contribution in [2.75, 3.05) is 24.6 Å². The molecule has 3 aromatic heterocycles. The van der Waals surface area contributed by atoms with Gasteiger partial charge in [0.05, 0.1) is 12.1 Å². The van der Waals surface area contributed by atoms with Crippen molar-refractivity contribution in [1.82, 2.24) is 29.3 Å². The fraction of sp³-hybridized carbons (Fsp3) is 0.333. The number of hydrogen-bond donors (Lipinski definition) is 2. The van der Waals surface area contributed by atoms with Gasteiger partial charge in [-0.3, -0.25) is 4.68 Å². The van der Waals surface area contributed by atoms with Gasteiger partial charge in [-0.25, -0.2) is 14.3 Å². The monoisotopic (exact) mass is 538 g/mol. The molecule has 1 aliphatic heterocycles. The van der Waals surface area contributed by atoms with Gasteiger partial charge in [-0.1, -0.05) is 36.4 Å². The fourth-order valence-electron chi connectivity index (χ4n) is 5.53. The lowest BCUT2D eigenvalue weighted by Gasteiger charge is -2.33. The van der Waals surface area contributed by atoms with Crippen molar-refractivity contribution >= 4 is 34.1 Å². The van der Waals surface area contributed by atoms with Gasteiger partial charge in [0.15, 0.2) is 11.6 Å². The van der Waals surface area contributed by atoms with E-state index in [1.54, 1.807) is 4.90 Å². The molecule has 1 aliphatic rings. The maximum absolute atomic E-state index is 12.6. The van der Waals surface area contributed by atoms with Crippen LogP contribution < -0.4 is 11.5 Å². The largest absolute Gasteiger partial charge is 0.444 e. The molecule has 0 radical (unpaired) electrons. The SMILES string of the molecule is CC(C)(C)OC(=O)N1CCC(c2cc(-c3ccc4c(N)nn(Cc5ccccc5)c4c3)c3c(N)ncnn23)CC1. The number of likely N-dealkylation sites (tertiary alicyclic amines) is 1. The van der Waals surface area contributed by atoms with Crippen molar-refractivity contribution in [2.24, 2.45) is 0 Å². The number of hydrogen-bond acceptors (Lipinski definition) is 7. The highest BCUT2D eigenvalue weighted by Crippen LogP contribution is 2.38. The molecule has 1 fully saturated rings.